The van der Waals surface area contributed by atoms with Crippen LogP contribution in [-0.2, 0) is 19.6 Å². The first kappa shape index (κ1) is 22.9. The molecule has 1 aliphatic rings. The van der Waals surface area contributed by atoms with Crippen molar-refractivity contribution in [2.75, 3.05) is 20.2 Å². The van der Waals surface area contributed by atoms with Crippen molar-refractivity contribution >= 4 is 27.6 Å². The summed E-state index contributed by atoms with van der Waals surface area (Å²) < 4.78 is 38.8. The van der Waals surface area contributed by atoms with E-state index in [0.717, 1.165) is 0 Å². The van der Waals surface area contributed by atoms with Crippen LogP contribution in [-0.4, -0.2) is 44.0 Å². The molecule has 0 bridgehead atoms. The number of hydrogen-bond acceptors (Lipinski definition) is 7. The van der Waals surface area contributed by atoms with Gasteiger partial charge in [0.25, 0.3) is 0 Å². The fourth-order valence-electron chi connectivity index (χ4n) is 3.42. The second kappa shape index (κ2) is 9.56. The predicted molar refractivity (Wildman–Crippen MR) is 112 cm³/mol. The summed E-state index contributed by atoms with van der Waals surface area (Å²) in [6.07, 6.45) is 1.81. The predicted octanol–water partition coefficient (Wildman–Crippen LogP) is 3.67. The second-order valence-corrected chi connectivity index (χ2v) is 9.44. The molecule has 1 saturated heterocycles. The Balaban J connectivity index is 2.02. The summed E-state index contributed by atoms with van der Waals surface area (Å²) >= 11 is 5.94. The molecule has 10 heteroatoms. The third kappa shape index (κ3) is 5.28. The smallest absolute Gasteiger partial charge is 0.309 e. The maximum Gasteiger partial charge on any atom is 0.309 e. The van der Waals surface area contributed by atoms with Gasteiger partial charge in [-0.25, -0.2) is 8.42 Å². The van der Waals surface area contributed by atoms with Gasteiger partial charge in [0.2, 0.25) is 10.0 Å². The van der Waals surface area contributed by atoms with Crippen molar-refractivity contribution in [1.29, 1.82) is 5.26 Å². The molecule has 2 aromatic carbocycles. The maximum absolute atomic E-state index is 13.5. The summed E-state index contributed by atoms with van der Waals surface area (Å²) in [7, 11) is -2.84. The summed E-state index contributed by atoms with van der Waals surface area (Å²) in [5.74, 6) is -1.07. The number of methoxy groups -OCH3 is 1. The fraction of sp³-hybridized carbons (Fsp3) is 0.333. The lowest BCUT2D eigenvalue weighted by molar-refractivity contribution is -0.145. The van der Waals surface area contributed by atoms with E-state index in [9.17, 15) is 23.6 Å². The highest BCUT2D eigenvalue weighted by Crippen LogP contribution is 2.35. The molecule has 1 atom stereocenters. The zero-order valence-corrected chi connectivity index (χ0v) is 18.3. The topological polar surface area (TPSA) is 117 Å². The molecule has 1 heterocycles. The Bertz CT molecular complexity index is 1110. The normalized spacial score (nSPS) is 17.4. The molecule has 0 aliphatic carbocycles. The molecule has 0 radical (unpaired) electrons. The van der Waals surface area contributed by atoms with Crippen molar-refractivity contribution in [2.24, 2.45) is 5.92 Å². The van der Waals surface area contributed by atoms with Gasteiger partial charge < -0.3 is 14.6 Å². The highest BCUT2D eigenvalue weighted by Gasteiger charge is 2.34. The van der Waals surface area contributed by atoms with Gasteiger partial charge in [0.05, 0.1) is 24.7 Å². The van der Waals surface area contributed by atoms with Crippen molar-refractivity contribution in [3.63, 3.8) is 0 Å². The number of halogens is 1. The lowest BCUT2D eigenvalue weighted by Gasteiger charge is -2.24. The van der Waals surface area contributed by atoms with E-state index in [1.165, 1.54) is 47.8 Å². The van der Waals surface area contributed by atoms with Gasteiger partial charge in [-0.3, -0.25) is 4.79 Å². The van der Waals surface area contributed by atoms with Gasteiger partial charge in [0.15, 0.2) is 0 Å². The monoisotopic (exact) mass is 464 g/mol. The Morgan fingerprint density at radius 3 is 2.71 bits per heavy atom. The van der Waals surface area contributed by atoms with Crippen LogP contribution < -0.4 is 4.74 Å². The number of hydrogen-bond donors (Lipinski definition) is 1. The third-order valence-electron chi connectivity index (χ3n) is 4.94. The van der Waals surface area contributed by atoms with Crippen molar-refractivity contribution in [1.82, 2.24) is 4.31 Å². The van der Waals surface area contributed by atoms with E-state index in [2.05, 4.69) is 0 Å². The van der Waals surface area contributed by atoms with Crippen molar-refractivity contribution < 1.29 is 27.8 Å². The van der Waals surface area contributed by atoms with Crippen LogP contribution >= 0.6 is 11.6 Å². The van der Waals surface area contributed by atoms with Crippen molar-refractivity contribution in [2.45, 2.75) is 24.2 Å². The average Bonchev–Trinajstić information content (AvgIpc) is 2.99. The highest BCUT2D eigenvalue weighted by atomic mass is 35.5. The quantitative estimate of drug-likeness (QED) is 0.670. The number of nitrogens with zero attached hydrogens (tertiary/aromatic N) is 2. The molecule has 2 aromatic rings. The van der Waals surface area contributed by atoms with Gasteiger partial charge in [-0.1, -0.05) is 18.0 Å². The highest BCUT2D eigenvalue weighted by molar-refractivity contribution is 7.89. The minimum Gasteiger partial charge on any atom is -0.508 e. The Hall–Kier alpha value is -2.80. The van der Waals surface area contributed by atoms with E-state index in [1.807, 2.05) is 6.07 Å². The van der Waals surface area contributed by atoms with Crippen LogP contribution in [0.4, 0.5) is 0 Å². The van der Waals surface area contributed by atoms with Crippen LogP contribution in [0.5, 0.6) is 17.2 Å². The Kier molecular flexibility index (Phi) is 7.05. The Morgan fingerprint density at radius 2 is 2.03 bits per heavy atom. The van der Waals surface area contributed by atoms with Gasteiger partial charge in [-0.2, -0.15) is 9.57 Å². The number of ether oxygens (including phenoxy) is 2. The SMILES string of the molecule is COC(=O)C1CCCCN(S(=O)(=O)c2cc(C#N)ccc2Oc2cc(O)cc(Cl)c2)C1. The lowest BCUT2D eigenvalue weighted by atomic mass is 10.0. The van der Waals surface area contributed by atoms with E-state index in [0.29, 0.717) is 19.3 Å². The molecule has 0 amide bonds. The molecule has 164 valence electrons. The van der Waals surface area contributed by atoms with E-state index >= 15 is 0 Å². The van der Waals surface area contributed by atoms with E-state index in [1.54, 1.807) is 0 Å². The molecule has 1 fully saturated rings. The lowest BCUT2D eigenvalue weighted by Crippen LogP contribution is -2.37. The Morgan fingerprint density at radius 1 is 1.26 bits per heavy atom. The van der Waals surface area contributed by atoms with Crippen LogP contribution in [0, 0.1) is 17.2 Å². The van der Waals surface area contributed by atoms with Gasteiger partial charge in [0.1, 0.15) is 22.1 Å². The third-order valence-corrected chi connectivity index (χ3v) is 7.05. The van der Waals surface area contributed by atoms with Gasteiger partial charge in [-0.15, -0.1) is 0 Å². The molecule has 31 heavy (non-hydrogen) atoms. The zero-order chi connectivity index (χ0) is 22.6. The second-order valence-electron chi connectivity index (χ2n) is 7.10. The number of aromatic hydroxyl groups is 1. The van der Waals surface area contributed by atoms with Crippen LogP contribution in [0.25, 0.3) is 0 Å². The molecule has 1 N–H and O–H groups in total. The minimum absolute atomic E-state index is 0.0246. The van der Waals surface area contributed by atoms with Crippen molar-refractivity contribution in [3.05, 3.63) is 47.0 Å². The van der Waals surface area contributed by atoms with Gasteiger partial charge in [0, 0.05) is 24.2 Å². The first-order valence-electron chi connectivity index (χ1n) is 9.54. The van der Waals surface area contributed by atoms with E-state index in [-0.39, 0.29) is 45.8 Å². The molecular formula is C21H21ClN2O6S. The molecule has 1 aliphatic heterocycles. The number of rotatable bonds is 5. The summed E-state index contributed by atoms with van der Waals surface area (Å²) in [6.45, 7) is 0.202. The first-order chi connectivity index (χ1) is 14.7. The number of phenolic OH excluding ortho intramolecular Hbond substituents is 1. The number of carbonyl (C=O) groups excluding carboxylic acids is 1. The summed E-state index contributed by atoms with van der Waals surface area (Å²) in [5.41, 5.74) is 0.138. The van der Waals surface area contributed by atoms with Gasteiger partial charge in [-0.05, 0) is 43.2 Å². The summed E-state index contributed by atoms with van der Waals surface area (Å²) in [4.78, 5) is 11.8. The summed E-state index contributed by atoms with van der Waals surface area (Å²) in [5, 5.41) is 19.2. The standard InChI is InChI=1S/C21H21ClN2O6S/c1-29-21(26)15-4-2-3-7-24(13-15)31(27,28)20-8-14(12-23)5-6-19(20)30-18-10-16(22)9-17(25)11-18/h5-6,8-11,15,25H,2-4,7,13H2,1H3. The van der Waals surface area contributed by atoms with E-state index in [4.69, 9.17) is 21.1 Å². The number of nitriles is 1. The summed E-state index contributed by atoms with van der Waals surface area (Å²) in [6, 6.07) is 9.99. The molecule has 0 spiro atoms. The average molecular weight is 465 g/mol. The van der Waals surface area contributed by atoms with Crippen LogP contribution in [0.3, 0.4) is 0 Å². The van der Waals surface area contributed by atoms with Crippen LogP contribution in [0.1, 0.15) is 24.8 Å². The van der Waals surface area contributed by atoms with Crippen LogP contribution in [0.2, 0.25) is 5.02 Å². The number of benzene rings is 2. The number of phenols is 1. The Labute approximate surface area is 185 Å². The molecule has 0 saturated carbocycles. The van der Waals surface area contributed by atoms with Crippen LogP contribution in [0.15, 0.2) is 41.3 Å². The minimum atomic E-state index is -4.11. The molecule has 1 unspecified atom stereocenters. The fourth-order valence-corrected chi connectivity index (χ4v) is 5.30. The van der Waals surface area contributed by atoms with Crippen molar-refractivity contribution in [3.8, 4) is 23.3 Å². The maximum atomic E-state index is 13.5. The van der Waals surface area contributed by atoms with E-state index < -0.39 is 21.9 Å². The molecule has 8 nitrogen and oxygen atoms in total. The number of sulfonamides is 1. The zero-order valence-electron chi connectivity index (χ0n) is 16.7. The van der Waals surface area contributed by atoms with Gasteiger partial charge >= 0.3 is 5.97 Å². The number of carbonyl (C=O) groups is 1. The number of esters is 1. The first-order valence-corrected chi connectivity index (χ1v) is 11.4. The molecular weight excluding hydrogens is 444 g/mol. The molecule has 3 rings (SSSR count). The largest absolute Gasteiger partial charge is 0.508 e. The molecule has 0 aromatic heterocycles.